The van der Waals surface area contributed by atoms with E-state index in [1.807, 2.05) is 17.4 Å². The van der Waals surface area contributed by atoms with Gasteiger partial charge in [0.15, 0.2) is 0 Å². The van der Waals surface area contributed by atoms with Crippen LogP contribution in [0.4, 0.5) is 0 Å². The van der Waals surface area contributed by atoms with Gasteiger partial charge in [0, 0.05) is 52.8 Å². The summed E-state index contributed by atoms with van der Waals surface area (Å²) in [6.07, 6.45) is 0. The Labute approximate surface area is 378 Å². The minimum Gasteiger partial charge on any atom is -0.455 e. The van der Waals surface area contributed by atoms with Gasteiger partial charge in [0.25, 0.3) is 0 Å². The molecule has 65 heavy (non-hydrogen) atoms. The maximum atomic E-state index is 6.73. The highest BCUT2D eigenvalue weighted by Crippen LogP contribution is 2.63. The quantitative estimate of drug-likeness (QED) is 0.166. The molecule has 0 saturated heterocycles. The Bertz CT molecular complexity index is 4030. The number of furan rings is 1. The summed E-state index contributed by atoms with van der Waals surface area (Å²) in [7, 11) is 0. The first-order chi connectivity index (χ1) is 32.2. The van der Waals surface area contributed by atoms with Gasteiger partial charge in [-0.3, -0.25) is 0 Å². The molecule has 2 nitrogen and oxygen atoms in total. The van der Waals surface area contributed by atoms with Crippen LogP contribution >= 0.6 is 11.3 Å². The third-order valence-corrected chi connectivity index (χ3v) is 15.7. The van der Waals surface area contributed by atoms with E-state index in [0.29, 0.717) is 0 Å². The molecule has 0 aliphatic heterocycles. The number of benzene rings is 10. The number of para-hydroxylation sites is 3. The maximum Gasteiger partial charge on any atom is 0.143 e. The van der Waals surface area contributed by atoms with Crippen molar-refractivity contribution in [3.63, 3.8) is 0 Å². The summed E-state index contributed by atoms with van der Waals surface area (Å²) < 4.78 is 9.31. The Morgan fingerprint density at radius 2 is 0.908 bits per heavy atom. The van der Waals surface area contributed by atoms with Crippen molar-refractivity contribution in [2.75, 3.05) is 0 Å². The van der Waals surface area contributed by atoms with Gasteiger partial charge in [0.2, 0.25) is 0 Å². The van der Waals surface area contributed by atoms with Gasteiger partial charge in [-0.25, -0.2) is 4.98 Å². The molecule has 0 radical (unpaired) electrons. The van der Waals surface area contributed by atoms with Gasteiger partial charge in [-0.15, -0.1) is 11.3 Å². The van der Waals surface area contributed by atoms with Crippen LogP contribution in [0.3, 0.4) is 0 Å². The molecule has 3 heterocycles. The minimum absolute atomic E-state index is 0.445. The number of rotatable bonds is 3. The van der Waals surface area contributed by atoms with Gasteiger partial charge >= 0.3 is 0 Å². The fraction of sp³-hybridized carbons (Fsp3) is 0.0161. The summed E-state index contributed by atoms with van der Waals surface area (Å²) in [6.45, 7) is 0. The van der Waals surface area contributed by atoms with E-state index in [1.54, 1.807) is 0 Å². The molecule has 1 spiro atoms. The molecule has 0 fully saturated rings. The van der Waals surface area contributed by atoms with E-state index < -0.39 is 5.41 Å². The Morgan fingerprint density at radius 1 is 0.354 bits per heavy atom. The zero-order valence-electron chi connectivity index (χ0n) is 35.0. The van der Waals surface area contributed by atoms with E-state index in [0.717, 1.165) is 66.2 Å². The second-order valence-electron chi connectivity index (χ2n) is 17.7. The number of hydrogen-bond donors (Lipinski definition) is 0. The van der Waals surface area contributed by atoms with Crippen molar-refractivity contribution in [1.82, 2.24) is 4.98 Å². The standard InChI is InChI=1S/C62H35NOS/c1-7-25-52-41(15-1)42-16-2-8-26-53(42)62(52)54-27-9-3-17-43(54)50-34-51-49(35-55(50)62)44-18-4-10-28-56(44)63-59(51)38-32-36(39-21-13-23-47-45-19-5-11-29-57(45)64-60(39)47)31-37(33-38)40-22-14-24-48-46-20-6-12-30-58(46)65-61(40)48/h1-35H. The van der Waals surface area contributed by atoms with Crippen LogP contribution in [0.2, 0.25) is 0 Å². The lowest BCUT2D eigenvalue weighted by Gasteiger charge is -2.30. The average molecular weight is 842 g/mol. The largest absolute Gasteiger partial charge is 0.455 e. The van der Waals surface area contributed by atoms with E-state index in [-0.39, 0.29) is 0 Å². The molecular formula is C62H35NOS. The third kappa shape index (κ3) is 4.70. The highest BCUT2D eigenvalue weighted by atomic mass is 32.1. The van der Waals surface area contributed by atoms with Crippen LogP contribution < -0.4 is 0 Å². The minimum atomic E-state index is -0.445. The summed E-state index contributed by atoms with van der Waals surface area (Å²) in [5.41, 5.74) is 19.4. The van der Waals surface area contributed by atoms with Crippen molar-refractivity contribution >= 4 is 75.1 Å². The number of fused-ring (bicyclic) bond motifs is 19. The van der Waals surface area contributed by atoms with Crippen LogP contribution in [-0.4, -0.2) is 4.98 Å². The first-order valence-corrected chi connectivity index (χ1v) is 23.2. The van der Waals surface area contributed by atoms with Crippen molar-refractivity contribution in [3.8, 4) is 55.8 Å². The second kappa shape index (κ2) is 13.0. The molecule has 0 saturated carbocycles. The normalized spacial score (nSPS) is 13.4. The number of nitrogens with zero attached hydrogens (tertiary/aromatic N) is 1. The van der Waals surface area contributed by atoms with E-state index in [4.69, 9.17) is 9.40 Å². The fourth-order valence-electron chi connectivity index (χ4n) is 11.8. The number of pyridine rings is 1. The molecule has 0 amide bonds. The number of thiophene rings is 1. The first-order valence-electron chi connectivity index (χ1n) is 22.4. The highest BCUT2D eigenvalue weighted by molar-refractivity contribution is 7.26. The van der Waals surface area contributed by atoms with Crippen LogP contribution in [0.25, 0.3) is 120 Å². The second-order valence-corrected chi connectivity index (χ2v) is 18.7. The van der Waals surface area contributed by atoms with Gasteiger partial charge in [-0.1, -0.05) is 164 Å². The molecule has 13 aromatic rings. The predicted molar refractivity (Wildman–Crippen MR) is 272 cm³/mol. The van der Waals surface area contributed by atoms with Crippen LogP contribution in [0.5, 0.6) is 0 Å². The van der Waals surface area contributed by atoms with Crippen molar-refractivity contribution in [2.24, 2.45) is 0 Å². The molecular weight excluding hydrogens is 807 g/mol. The summed E-state index contributed by atoms with van der Waals surface area (Å²) in [5, 5.41) is 8.30. The molecule has 0 bridgehead atoms. The lowest BCUT2D eigenvalue weighted by molar-refractivity contribution is 0.670. The third-order valence-electron chi connectivity index (χ3n) is 14.5. The van der Waals surface area contributed by atoms with Crippen molar-refractivity contribution < 1.29 is 4.42 Å². The Morgan fingerprint density at radius 3 is 1.68 bits per heavy atom. The SMILES string of the molecule is c1ccc2c(c1)-c1ccccc1C21c2ccccc2-c2cc3c(-c4cc(-c5cccc6c5oc5ccccc56)cc(-c5cccc6c5sc5ccccc56)c4)nc4ccccc4c3cc21. The maximum absolute atomic E-state index is 6.73. The predicted octanol–water partition coefficient (Wildman–Crippen LogP) is 17.0. The Kier molecular flexibility index (Phi) is 7.06. The van der Waals surface area contributed by atoms with Gasteiger partial charge in [-0.2, -0.15) is 0 Å². The summed E-state index contributed by atoms with van der Waals surface area (Å²) in [4.78, 5) is 5.66. The average Bonchev–Trinajstić information content (AvgIpc) is 4.11. The van der Waals surface area contributed by atoms with Crippen LogP contribution in [0.15, 0.2) is 217 Å². The molecule has 15 rings (SSSR count). The molecule has 2 aliphatic rings. The number of hydrogen-bond acceptors (Lipinski definition) is 3. The van der Waals surface area contributed by atoms with Crippen molar-refractivity contribution in [1.29, 1.82) is 0 Å². The lowest BCUT2D eigenvalue weighted by Crippen LogP contribution is -2.25. The molecule has 0 unspecified atom stereocenters. The van der Waals surface area contributed by atoms with Gasteiger partial charge in [0.05, 0.1) is 16.6 Å². The Balaban J connectivity index is 1.05. The van der Waals surface area contributed by atoms with E-state index in [9.17, 15) is 0 Å². The highest BCUT2D eigenvalue weighted by Gasteiger charge is 2.51. The molecule has 0 atom stereocenters. The van der Waals surface area contributed by atoms with Gasteiger partial charge in [0.1, 0.15) is 11.2 Å². The molecule has 0 N–H and O–H groups in total. The summed E-state index contributed by atoms with van der Waals surface area (Å²) in [5.74, 6) is 0. The van der Waals surface area contributed by atoms with Crippen LogP contribution in [0, 0.1) is 0 Å². The smallest absolute Gasteiger partial charge is 0.143 e. The molecule has 300 valence electrons. The Hall–Kier alpha value is -8.11. The topological polar surface area (TPSA) is 26.0 Å². The zero-order valence-corrected chi connectivity index (χ0v) is 35.8. The van der Waals surface area contributed by atoms with Crippen molar-refractivity contribution in [2.45, 2.75) is 5.41 Å². The first kappa shape index (κ1) is 35.4. The van der Waals surface area contributed by atoms with Gasteiger partial charge in [-0.05, 0) is 115 Å². The van der Waals surface area contributed by atoms with Crippen LogP contribution in [-0.2, 0) is 5.41 Å². The molecule has 3 heteroatoms. The van der Waals surface area contributed by atoms with E-state index in [2.05, 4.69) is 206 Å². The molecule has 3 aromatic heterocycles. The zero-order chi connectivity index (χ0) is 42.4. The fourth-order valence-corrected chi connectivity index (χ4v) is 13.0. The number of aromatic nitrogens is 1. The molecule has 2 aliphatic carbocycles. The van der Waals surface area contributed by atoms with Gasteiger partial charge < -0.3 is 4.42 Å². The van der Waals surface area contributed by atoms with Crippen molar-refractivity contribution in [3.05, 3.63) is 235 Å². The summed E-state index contributed by atoms with van der Waals surface area (Å²) >= 11 is 1.87. The van der Waals surface area contributed by atoms with E-state index in [1.165, 1.54) is 75.6 Å². The lowest BCUT2D eigenvalue weighted by atomic mass is 9.70. The van der Waals surface area contributed by atoms with Crippen LogP contribution in [0.1, 0.15) is 22.3 Å². The monoisotopic (exact) mass is 841 g/mol. The van der Waals surface area contributed by atoms with E-state index >= 15 is 0 Å². The molecule has 10 aromatic carbocycles. The summed E-state index contributed by atoms with van der Waals surface area (Å²) in [6, 6.07) is 78.4.